The number of hydrogen-bond donors (Lipinski definition) is 1. The van der Waals surface area contributed by atoms with Crippen molar-refractivity contribution in [3.63, 3.8) is 0 Å². The molecule has 0 spiro atoms. The van der Waals surface area contributed by atoms with Gasteiger partial charge in [0.25, 0.3) is 0 Å². The van der Waals surface area contributed by atoms with Crippen molar-refractivity contribution >= 4 is 5.91 Å². The maximum absolute atomic E-state index is 11.7. The Bertz CT molecular complexity index is 711. The van der Waals surface area contributed by atoms with Crippen molar-refractivity contribution < 1.29 is 9.53 Å². The summed E-state index contributed by atoms with van der Waals surface area (Å²) in [5.74, 6) is 0.689. The molecule has 24 heavy (non-hydrogen) atoms. The van der Waals surface area contributed by atoms with Gasteiger partial charge in [-0.25, -0.2) is 0 Å². The van der Waals surface area contributed by atoms with E-state index < -0.39 is 0 Å². The maximum atomic E-state index is 11.7. The average Bonchev–Trinajstić information content (AvgIpc) is 2.82. The van der Waals surface area contributed by atoms with E-state index in [4.69, 9.17) is 4.74 Å². The van der Waals surface area contributed by atoms with Gasteiger partial charge in [-0.15, -0.1) is 0 Å². The Balaban J connectivity index is 1.58. The SMILES string of the molecule is CC1=CC=CCC=C1COC1=CC(=O)N[C@H]1CCc1ccccc1. The molecule has 1 aliphatic heterocycles. The highest BCUT2D eigenvalue weighted by Crippen LogP contribution is 2.21. The number of allylic oxidation sites excluding steroid dienone is 4. The second kappa shape index (κ2) is 7.82. The van der Waals surface area contributed by atoms with E-state index in [0.29, 0.717) is 6.61 Å². The lowest BCUT2D eigenvalue weighted by molar-refractivity contribution is -0.116. The summed E-state index contributed by atoms with van der Waals surface area (Å²) in [4.78, 5) is 11.7. The fourth-order valence-electron chi connectivity index (χ4n) is 2.93. The molecule has 2 aliphatic rings. The molecule has 3 rings (SSSR count). The van der Waals surface area contributed by atoms with Crippen LogP contribution in [0.4, 0.5) is 0 Å². The van der Waals surface area contributed by atoms with E-state index in [-0.39, 0.29) is 11.9 Å². The summed E-state index contributed by atoms with van der Waals surface area (Å²) in [5.41, 5.74) is 3.67. The van der Waals surface area contributed by atoms with Gasteiger partial charge in [0.05, 0.1) is 6.04 Å². The topological polar surface area (TPSA) is 38.3 Å². The molecule has 1 aromatic carbocycles. The van der Waals surface area contributed by atoms with Gasteiger partial charge in [-0.1, -0.05) is 54.6 Å². The van der Waals surface area contributed by atoms with Crippen LogP contribution in [-0.2, 0) is 16.0 Å². The van der Waals surface area contributed by atoms with Crippen molar-refractivity contribution in [1.82, 2.24) is 5.32 Å². The van der Waals surface area contributed by atoms with Gasteiger partial charge in [0.1, 0.15) is 12.4 Å². The molecule has 0 fully saturated rings. The lowest BCUT2D eigenvalue weighted by atomic mass is 10.0. The number of rotatable bonds is 6. The third kappa shape index (κ3) is 4.25. The summed E-state index contributed by atoms with van der Waals surface area (Å²) >= 11 is 0. The Hall–Kier alpha value is -2.55. The van der Waals surface area contributed by atoms with Crippen molar-refractivity contribution in [3.8, 4) is 0 Å². The zero-order chi connectivity index (χ0) is 16.8. The predicted octanol–water partition coefficient (Wildman–Crippen LogP) is 3.85. The second-order valence-corrected chi connectivity index (χ2v) is 6.16. The summed E-state index contributed by atoms with van der Waals surface area (Å²) in [5, 5.41) is 2.98. The van der Waals surface area contributed by atoms with Crippen molar-refractivity contribution in [2.24, 2.45) is 0 Å². The zero-order valence-electron chi connectivity index (χ0n) is 14.0. The van der Waals surface area contributed by atoms with Crippen LogP contribution in [0.1, 0.15) is 25.3 Å². The zero-order valence-corrected chi connectivity index (χ0v) is 14.0. The molecule has 0 saturated heterocycles. The van der Waals surface area contributed by atoms with E-state index in [0.717, 1.165) is 25.0 Å². The van der Waals surface area contributed by atoms with E-state index in [1.165, 1.54) is 16.7 Å². The first-order chi connectivity index (χ1) is 11.7. The molecule has 3 nitrogen and oxygen atoms in total. The molecule has 0 saturated carbocycles. The molecule has 1 amide bonds. The molecule has 124 valence electrons. The first-order valence-electron chi connectivity index (χ1n) is 8.44. The number of amides is 1. The van der Waals surface area contributed by atoms with Crippen molar-refractivity contribution in [2.75, 3.05) is 6.61 Å². The monoisotopic (exact) mass is 321 g/mol. The molecule has 1 aliphatic carbocycles. The molecule has 1 aromatic rings. The van der Waals surface area contributed by atoms with Crippen LogP contribution in [0.2, 0.25) is 0 Å². The summed E-state index contributed by atoms with van der Waals surface area (Å²) in [6.07, 6.45) is 12.7. The van der Waals surface area contributed by atoms with Crippen LogP contribution in [0.25, 0.3) is 0 Å². The number of ether oxygens (including phenoxy) is 1. The minimum absolute atomic E-state index is 0.0357. The summed E-state index contributed by atoms with van der Waals surface area (Å²) in [7, 11) is 0. The first kappa shape index (κ1) is 16.3. The van der Waals surface area contributed by atoms with Crippen LogP contribution in [0, 0.1) is 0 Å². The minimum atomic E-state index is -0.0631. The summed E-state index contributed by atoms with van der Waals surface area (Å²) < 4.78 is 5.98. The largest absolute Gasteiger partial charge is 0.491 e. The number of nitrogens with one attached hydrogen (secondary N) is 1. The van der Waals surface area contributed by atoms with Crippen LogP contribution < -0.4 is 5.32 Å². The third-order valence-electron chi connectivity index (χ3n) is 4.38. The Kier molecular flexibility index (Phi) is 5.32. The van der Waals surface area contributed by atoms with Gasteiger partial charge in [-0.05, 0) is 42.9 Å². The smallest absolute Gasteiger partial charge is 0.248 e. The number of benzene rings is 1. The highest BCUT2D eigenvalue weighted by atomic mass is 16.5. The van der Waals surface area contributed by atoms with Gasteiger partial charge in [0.15, 0.2) is 0 Å². The summed E-state index contributed by atoms with van der Waals surface area (Å²) in [6.45, 7) is 2.59. The number of hydrogen-bond acceptors (Lipinski definition) is 2. The van der Waals surface area contributed by atoms with Crippen molar-refractivity contribution in [1.29, 1.82) is 0 Å². The highest BCUT2D eigenvalue weighted by Gasteiger charge is 2.25. The fraction of sp³-hybridized carbons (Fsp3) is 0.286. The number of carbonyl (C=O) groups is 1. The van der Waals surface area contributed by atoms with Crippen molar-refractivity contribution in [3.05, 3.63) is 83.2 Å². The lowest BCUT2D eigenvalue weighted by Gasteiger charge is -2.17. The molecule has 1 N–H and O–H groups in total. The fourth-order valence-corrected chi connectivity index (χ4v) is 2.93. The second-order valence-electron chi connectivity index (χ2n) is 6.16. The normalized spacial score (nSPS) is 20.0. The molecular weight excluding hydrogens is 298 g/mol. The minimum Gasteiger partial charge on any atom is -0.491 e. The van der Waals surface area contributed by atoms with Crippen molar-refractivity contribution in [2.45, 2.75) is 32.2 Å². The van der Waals surface area contributed by atoms with E-state index >= 15 is 0 Å². The quantitative estimate of drug-likeness (QED) is 0.864. The van der Waals surface area contributed by atoms with Gasteiger partial charge < -0.3 is 10.1 Å². The Morgan fingerprint density at radius 3 is 2.92 bits per heavy atom. The average molecular weight is 321 g/mol. The van der Waals surface area contributed by atoms with Crippen LogP contribution in [0.3, 0.4) is 0 Å². The van der Waals surface area contributed by atoms with Crippen LogP contribution in [0.15, 0.2) is 77.6 Å². The Labute approximate surface area is 143 Å². The van der Waals surface area contributed by atoms with Gasteiger partial charge in [0, 0.05) is 6.08 Å². The van der Waals surface area contributed by atoms with E-state index in [1.807, 2.05) is 18.2 Å². The highest BCUT2D eigenvalue weighted by molar-refractivity contribution is 5.91. The molecule has 0 aromatic heterocycles. The van der Waals surface area contributed by atoms with E-state index in [2.05, 4.69) is 48.7 Å². The third-order valence-corrected chi connectivity index (χ3v) is 4.38. The predicted molar refractivity (Wildman–Crippen MR) is 96.3 cm³/mol. The van der Waals surface area contributed by atoms with Gasteiger partial charge >= 0.3 is 0 Å². The molecule has 0 unspecified atom stereocenters. The van der Waals surface area contributed by atoms with E-state index in [9.17, 15) is 4.79 Å². The van der Waals surface area contributed by atoms with E-state index in [1.54, 1.807) is 6.08 Å². The Morgan fingerprint density at radius 1 is 1.25 bits per heavy atom. The molecule has 0 radical (unpaired) electrons. The molecule has 1 heterocycles. The Morgan fingerprint density at radius 2 is 2.08 bits per heavy atom. The number of aryl methyl sites for hydroxylation is 1. The van der Waals surface area contributed by atoms with Crippen LogP contribution >= 0.6 is 0 Å². The van der Waals surface area contributed by atoms with Crippen LogP contribution in [0.5, 0.6) is 0 Å². The summed E-state index contributed by atoms with van der Waals surface area (Å²) in [6, 6.07) is 10.3. The first-order valence-corrected chi connectivity index (χ1v) is 8.44. The van der Waals surface area contributed by atoms with Crippen LogP contribution in [-0.4, -0.2) is 18.6 Å². The molecular formula is C21H23NO2. The van der Waals surface area contributed by atoms with Gasteiger partial charge in [-0.2, -0.15) is 0 Å². The molecule has 3 heteroatoms. The van der Waals surface area contributed by atoms with Gasteiger partial charge in [0.2, 0.25) is 5.91 Å². The standard InChI is InChI=1S/C21H23NO2/c1-16-8-4-2-7-11-18(16)15-24-20-14-21(23)22-19(20)13-12-17-9-5-3-6-10-17/h2-6,8-11,14,19H,7,12-13,15H2,1H3,(H,22,23)/t19-/m0/s1. The number of carbonyl (C=O) groups excluding carboxylic acids is 1. The van der Waals surface area contributed by atoms with Gasteiger partial charge in [-0.3, -0.25) is 4.79 Å². The maximum Gasteiger partial charge on any atom is 0.248 e. The lowest BCUT2D eigenvalue weighted by Crippen LogP contribution is -2.29. The molecule has 0 bridgehead atoms. The molecule has 1 atom stereocenters.